The van der Waals surface area contributed by atoms with E-state index in [2.05, 4.69) is 24.1 Å². The number of unbranched alkanes of at least 4 members (excludes halogenated alkanes) is 1. The van der Waals surface area contributed by atoms with Gasteiger partial charge in [-0.15, -0.1) is 0 Å². The maximum Gasteiger partial charge on any atom is 1.00 e. The fourth-order valence-corrected chi connectivity index (χ4v) is 1.93. The van der Waals surface area contributed by atoms with Crippen molar-refractivity contribution in [2.45, 2.75) is 45.4 Å². The minimum Gasteiger partial charge on any atom is -0.862 e. The Morgan fingerprint density at radius 2 is 1.91 bits per heavy atom. The van der Waals surface area contributed by atoms with Gasteiger partial charge in [0.15, 0.2) is 0 Å². The molecule has 0 aliphatic carbocycles. The number of nitrogens with zero attached hydrogens (tertiary/aromatic N) is 2. The molecule has 0 radical (unpaired) electrons. The van der Waals surface area contributed by atoms with Crippen LogP contribution in [0.2, 0.25) is 0 Å². The first-order valence-corrected chi connectivity index (χ1v) is 8.00. The summed E-state index contributed by atoms with van der Waals surface area (Å²) in [7, 11) is 0. The zero-order chi connectivity index (χ0) is 16.6. The van der Waals surface area contributed by atoms with Crippen molar-refractivity contribution in [1.82, 2.24) is 4.90 Å². The molecule has 0 bridgehead atoms. The van der Waals surface area contributed by atoms with Gasteiger partial charge in [0.25, 0.3) is 0 Å². The molecule has 2 N–H and O–H groups in total. The standard InChI is InChI=1S/C16H30N2O4.Na/c1-2-3-4-5-6-8-15(20)17-10-13-18(11-7-14-19)12-9-16(21)22;/h3-4,19H,2,5-14H2,1H3,(H,17,20)(H,21,22);/q;+1/p-1/b4-3+;. The van der Waals surface area contributed by atoms with Crippen LogP contribution in [0.4, 0.5) is 0 Å². The van der Waals surface area contributed by atoms with Gasteiger partial charge in [-0.3, -0.25) is 4.79 Å². The monoisotopic (exact) mass is 336 g/mol. The topological polar surface area (TPSA) is 96.2 Å². The number of aliphatic imine (C=N–C) groups is 1. The Labute approximate surface area is 161 Å². The van der Waals surface area contributed by atoms with Crippen LogP contribution >= 0.6 is 0 Å². The van der Waals surface area contributed by atoms with E-state index in [4.69, 9.17) is 10.2 Å². The van der Waals surface area contributed by atoms with Gasteiger partial charge in [0.2, 0.25) is 0 Å². The second kappa shape index (κ2) is 17.9. The number of aliphatic hydroxyl groups excluding tert-OH is 1. The van der Waals surface area contributed by atoms with Gasteiger partial charge in [-0.2, -0.15) is 0 Å². The average Bonchev–Trinajstić information content (AvgIpc) is 2.49. The SMILES string of the molecule is CC/C=C/CCCC([O-])=NCCN(CCCO)CCC(=O)O.[Na+]. The molecule has 0 heterocycles. The fourth-order valence-electron chi connectivity index (χ4n) is 1.93. The van der Waals surface area contributed by atoms with E-state index < -0.39 is 5.97 Å². The molecule has 7 heteroatoms. The number of carbonyl (C=O) groups is 1. The van der Waals surface area contributed by atoms with Gasteiger partial charge in [0.05, 0.1) is 13.0 Å². The Hall–Kier alpha value is -0.400. The van der Waals surface area contributed by atoms with Crippen LogP contribution in [0.15, 0.2) is 17.1 Å². The fraction of sp³-hybridized carbons (Fsp3) is 0.750. The zero-order valence-corrected chi connectivity index (χ0v) is 16.5. The van der Waals surface area contributed by atoms with E-state index >= 15 is 0 Å². The third-order valence-corrected chi connectivity index (χ3v) is 3.14. The van der Waals surface area contributed by atoms with E-state index in [1.165, 1.54) is 0 Å². The van der Waals surface area contributed by atoms with Crippen molar-refractivity contribution in [2.75, 3.05) is 32.8 Å². The van der Waals surface area contributed by atoms with Gasteiger partial charge in [0, 0.05) is 26.2 Å². The first-order chi connectivity index (χ1) is 10.6. The molecule has 0 amide bonds. The molecular formula is C16H29N2NaO4. The van der Waals surface area contributed by atoms with Crippen LogP contribution in [0.1, 0.15) is 45.4 Å². The summed E-state index contributed by atoms with van der Waals surface area (Å²) in [6.07, 6.45) is 8.00. The molecule has 0 aromatic heterocycles. The van der Waals surface area contributed by atoms with Crippen LogP contribution in [0.5, 0.6) is 0 Å². The molecule has 0 fully saturated rings. The molecule has 0 spiro atoms. The summed E-state index contributed by atoms with van der Waals surface area (Å²) in [6, 6.07) is 0. The van der Waals surface area contributed by atoms with Gasteiger partial charge in [-0.25, -0.2) is 0 Å². The van der Waals surface area contributed by atoms with Gasteiger partial charge >= 0.3 is 35.5 Å². The average molecular weight is 336 g/mol. The van der Waals surface area contributed by atoms with E-state index in [0.717, 1.165) is 19.3 Å². The minimum absolute atomic E-state index is 0. The molecule has 0 saturated heterocycles. The van der Waals surface area contributed by atoms with Crippen LogP contribution < -0.4 is 34.7 Å². The first kappa shape index (κ1) is 24.8. The van der Waals surface area contributed by atoms with Crippen LogP contribution in [0, 0.1) is 0 Å². The molecule has 0 aromatic carbocycles. The number of aliphatic carboxylic acids is 1. The quantitative estimate of drug-likeness (QED) is 0.126. The summed E-state index contributed by atoms with van der Waals surface area (Å²) in [5, 5.41) is 29.1. The summed E-state index contributed by atoms with van der Waals surface area (Å²) >= 11 is 0. The molecule has 0 atom stereocenters. The molecule has 6 nitrogen and oxygen atoms in total. The number of rotatable bonds is 14. The molecule has 0 aliphatic rings. The smallest absolute Gasteiger partial charge is 0.862 e. The maximum absolute atomic E-state index is 11.6. The van der Waals surface area contributed by atoms with E-state index in [1.54, 1.807) is 0 Å². The van der Waals surface area contributed by atoms with Gasteiger partial charge < -0.3 is 25.2 Å². The summed E-state index contributed by atoms with van der Waals surface area (Å²) in [5.74, 6) is -0.938. The minimum atomic E-state index is -0.845. The molecule has 0 aromatic rings. The van der Waals surface area contributed by atoms with Crippen LogP contribution in [0.25, 0.3) is 0 Å². The molecule has 0 aliphatic heterocycles. The Morgan fingerprint density at radius 3 is 2.52 bits per heavy atom. The van der Waals surface area contributed by atoms with Crippen LogP contribution in [-0.4, -0.2) is 59.8 Å². The van der Waals surface area contributed by atoms with Crippen molar-refractivity contribution in [3.05, 3.63) is 12.2 Å². The van der Waals surface area contributed by atoms with E-state index in [1.807, 2.05) is 4.90 Å². The largest absolute Gasteiger partial charge is 1.00 e. The Morgan fingerprint density at radius 1 is 1.17 bits per heavy atom. The van der Waals surface area contributed by atoms with Crippen molar-refractivity contribution >= 4 is 11.9 Å². The Balaban J connectivity index is 0. The van der Waals surface area contributed by atoms with Crippen LogP contribution in [0.3, 0.4) is 0 Å². The predicted octanol–water partition coefficient (Wildman–Crippen LogP) is -1.96. The number of hydrogen-bond acceptors (Lipinski definition) is 5. The molecule has 128 valence electrons. The number of hydrogen-bond donors (Lipinski definition) is 2. The van der Waals surface area contributed by atoms with Crippen molar-refractivity contribution in [1.29, 1.82) is 0 Å². The first-order valence-electron chi connectivity index (χ1n) is 8.00. The Kier molecular flexibility index (Phi) is 19.4. The second-order valence-electron chi connectivity index (χ2n) is 5.11. The molecule has 0 rings (SSSR count). The van der Waals surface area contributed by atoms with Gasteiger partial charge in [0.1, 0.15) is 0 Å². The van der Waals surface area contributed by atoms with E-state index in [-0.39, 0.29) is 48.5 Å². The van der Waals surface area contributed by atoms with E-state index in [0.29, 0.717) is 39.0 Å². The maximum atomic E-state index is 11.6. The Bertz CT molecular complexity index is 349. The predicted molar refractivity (Wildman–Crippen MR) is 86.0 cm³/mol. The number of allylic oxidation sites excluding steroid dienone is 2. The van der Waals surface area contributed by atoms with Crippen molar-refractivity contribution in [3.8, 4) is 0 Å². The molecule has 0 unspecified atom stereocenters. The zero-order valence-electron chi connectivity index (χ0n) is 14.5. The third-order valence-electron chi connectivity index (χ3n) is 3.14. The van der Waals surface area contributed by atoms with Crippen molar-refractivity contribution in [3.63, 3.8) is 0 Å². The molecular weight excluding hydrogens is 307 g/mol. The summed E-state index contributed by atoms with van der Waals surface area (Å²) in [4.78, 5) is 16.5. The van der Waals surface area contributed by atoms with Gasteiger partial charge in [-0.05, 0) is 38.0 Å². The molecule has 0 saturated carbocycles. The van der Waals surface area contributed by atoms with E-state index in [9.17, 15) is 9.90 Å². The number of carboxylic acids is 1. The summed E-state index contributed by atoms with van der Waals surface area (Å²) in [6.45, 7) is 4.12. The summed E-state index contributed by atoms with van der Waals surface area (Å²) < 4.78 is 0. The van der Waals surface area contributed by atoms with Crippen molar-refractivity contribution < 1.29 is 49.7 Å². The second-order valence-corrected chi connectivity index (χ2v) is 5.11. The van der Waals surface area contributed by atoms with Gasteiger partial charge in [-0.1, -0.05) is 19.1 Å². The molecule has 23 heavy (non-hydrogen) atoms. The third kappa shape index (κ3) is 17.8. The van der Waals surface area contributed by atoms with Crippen LogP contribution in [-0.2, 0) is 4.79 Å². The normalized spacial score (nSPS) is 11.9. The number of aliphatic hydroxyl groups is 1. The number of carboxylic acid groups (broad SMARTS) is 1. The summed E-state index contributed by atoms with van der Waals surface area (Å²) in [5.41, 5.74) is 0. The van der Waals surface area contributed by atoms with Crippen molar-refractivity contribution in [2.24, 2.45) is 4.99 Å².